The van der Waals surface area contributed by atoms with Gasteiger partial charge < -0.3 is 0 Å². The fourth-order valence-electron chi connectivity index (χ4n) is 2.33. The van der Waals surface area contributed by atoms with Crippen LogP contribution in [0.1, 0.15) is 17.0 Å². The van der Waals surface area contributed by atoms with Crippen LogP contribution in [0.3, 0.4) is 0 Å². The van der Waals surface area contributed by atoms with E-state index < -0.39 is 0 Å². The molecule has 7 nitrogen and oxygen atoms in total. The first-order valence-electron chi connectivity index (χ1n) is 7.34. The largest absolute Gasteiger partial charge is 0.292 e. The fraction of sp³-hybridized carbons (Fsp3) is 0.250. The minimum Gasteiger partial charge on any atom is -0.292 e. The number of carbonyl (C=O) groups excluding carboxylic acids is 1. The highest BCUT2D eigenvalue weighted by Crippen LogP contribution is 2.05. The molecule has 0 saturated carbocycles. The summed E-state index contributed by atoms with van der Waals surface area (Å²) in [6.07, 6.45) is 1.60. The van der Waals surface area contributed by atoms with E-state index in [0.29, 0.717) is 12.5 Å². The molecule has 0 spiro atoms. The number of rotatable bonds is 5. The van der Waals surface area contributed by atoms with Gasteiger partial charge in [0.25, 0.3) is 0 Å². The van der Waals surface area contributed by atoms with E-state index >= 15 is 0 Å². The molecule has 0 aliphatic rings. The molecule has 0 atom stereocenters. The number of carbonyl (C=O) groups is 1. The van der Waals surface area contributed by atoms with Crippen molar-refractivity contribution in [2.75, 3.05) is 5.32 Å². The number of aryl methyl sites for hydroxylation is 2. The predicted molar refractivity (Wildman–Crippen MR) is 85.9 cm³/mol. The van der Waals surface area contributed by atoms with Gasteiger partial charge >= 0.3 is 0 Å². The molecular weight excluding hydrogens is 292 g/mol. The minimum absolute atomic E-state index is 0.146. The third-order valence-electron chi connectivity index (χ3n) is 3.37. The molecule has 118 valence electrons. The van der Waals surface area contributed by atoms with Crippen LogP contribution in [0.15, 0.2) is 42.7 Å². The van der Waals surface area contributed by atoms with Crippen molar-refractivity contribution >= 4 is 11.9 Å². The Labute approximate surface area is 134 Å². The Morgan fingerprint density at radius 3 is 2.65 bits per heavy atom. The maximum absolute atomic E-state index is 12.0. The quantitative estimate of drug-likeness (QED) is 0.779. The van der Waals surface area contributed by atoms with Crippen LogP contribution in [0.5, 0.6) is 0 Å². The molecule has 0 saturated heterocycles. The zero-order valence-corrected chi connectivity index (χ0v) is 13.1. The number of nitrogens with zero attached hydrogens (tertiary/aromatic N) is 5. The zero-order chi connectivity index (χ0) is 16.2. The number of amides is 1. The average molecular weight is 310 g/mol. The van der Waals surface area contributed by atoms with E-state index in [4.69, 9.17) is 0 Å². The van der Waals surface area contributed by atoms with Crippen molar-refractivity contribution in [3.05, 3.63) is 59.7 Å². The summed E-state index contributed by atoms with van der Waals surface area (Å²) in [5, 5.41) is 11.2. The first-order chi connectivity index (χ1) is 11.1. The smallest absolute Gasteiger partial charge is 0.248 e. The molecule has 3 rings (SSSR count). The molecule has 1 amide bonds. The Morgan fingerprint density at radius 1 is 1.17 bits per heavy atom. The van der Waals surface area contributed by atoms with E-state index in [9.17, 15) is 4.79 Å². The van der Waals surface area contributed by atoms with Crippen LogP contribution in [0.2, 0.25) is 0 Å². The Balaban J connectivity index is 1.60. The van der Waals surface area contributed by atoms with Crippen LogP contribution in [0.4, 0.5) is 5.95 Å². The van der Waals surface area contributed by atoms with Gasteiger partial charge in [-0.2, -0.15) is 5.10 Å². The van der Waals surface area contributed by atoms with E-state index in [2.05, 4.69) is 20.5 Å². The Bertz CT molecular complexity index is 805. The normalized spacial score (nSPS) is 10.7. The molecule has 0 bridgehead atoms. The Kier molecular flexibility index (Phi) is 4.18. The molecule has 3 aromatic rings. The van der Waals surface area contributed by atoms with E-state index in [0.717, 1.165) is 17.0 Å². The van der Waals surface area contributed by atoms with Crippen molar-refractivity contribution in [1.82, 2.24) is 24.5 Å². The summed E-state index contributed by atoms with van der Waals surface area (Å²) in [5.41, 5.74) is 2.96. The maximum atomic E-state index is 12.0. The molecule has 7 heteroatoms. The lowest BCUT2D eigenvalue weighted by Crippen LogP contribution is -2.21. The predicted octanol–water partition coefficient (Wildman–Crippen LogP) is 1.78. The lowest BCUT2D eigenvalue weighted by Gasteiger charge is -2.04. The average Bonchev–Trinajstić information content (AvgIpc) is 3.06. The topological polar surface area (TPSA) is 77.6 Å². The van der Waals surface area contributed by atoms with Crippen LogP contribution < -0.4 is 5.32 Å². The Morgan fingerprint density at radius 2 is 1.96 bits per heavy atom. The van der Waals surface area contributed by atoms with Gasteiger partial charge in [0.15, 0.2) is 0 Å². The molecule has 0 unspecified atom stereocenters. The lowest BCUT2D eigenvalue weighted by molar-refractivity contribution is -0.117. The van der Waals surface area contributed by atoms with Crippen LogP contribution in [0.25, 0.3) is 0 Å². The van der Waals surface area contributed by atoms with Crippen molar-refractivity contribution in [2.45, 2.75) is 26.9 Å². The van der Waals surface area contributed by atoms with E-state index in [1.807, 2.05) is 50.2 Å². The third kappa shape index (κ3) is 3.82. The maximum Gasteiger partial charge on any atom is 0.248 e. The van der Waals surface area contributed by atoms with Gasteiger partial charge in [-0.05, 0) is 25.5 Å². The summed E-state index contributed by atoms with van der Waals surface area (Å²) in [7, 11) is 0. The number of benzene rings is 1. The van der Waals surface area contributed by atoms with E-state index in [1.54, 1.807) is 15.7 Å². The van der Waals surface area contributed by atoms with Gasteiger partial charge in [0.05, 0.1) is 12.2 Å². The van der Waals surface area contributed by atoms with Crippen molar-refractivity contribution in [3.63, 3.8) is 0 Å². The summed E-state index contributed by atoms with van der Waals surface area (Å²) in [5.74, 6) is 0.0983. The molecule has 2 heterocycles. The monoisotopic (exact) mass is 310 g/mol. The SMILES string of the molecule is Cc1cc(C)n(CC(=O)Nc2ncn(Cc3ccccc3)n2)n1. The first-order valence-corrected chi connectivity index (χ1v) is 7.34. The van der Waals surface area contributed by atoms with Gasteiger partial charge in [0, 0.05) is 5.69 Å². The third-order valence-corrected chi connectivity index (χ3v) is 3.37. The van der Waals surface area contributed by atoms with E-state index in [1.165, 1.54) is 0 Å². The summed E-state index contributed by atoms with van der Waals surface area (Å²) in [6.45, 7) is 4.57. The van der Waals surface area contributed by atoms with Crippen molar-refractivity contribution in [1.29, 1.82) is 0 Å². The molecular formula is C16H18N6O. The van der Waals surface area contributed by atoms with Gasteiger partial charge in [0.2, 0.25) is 11.9 Å². The van der Waals surface area contributed by atoms with E-state index in [-0.39, 0.29) is 12.5 Å². The van der Waals surface area contributed by atoms with Gasteiger partial charge in [-0.15, -0.1) is 5.10 Å². The molecule has 0 radical (unpaired) electrons. The molecule has 2 aromatic heterocycles. The lowest BCUT2D eigenvalue weighted by atomic mass is 10.2. The molecule has 0 aliphatic carbocycles. The number of anilines is 1. The summed E-state index contributed by atoms with van der Waals surface area (Å²) in [4.78, 5) is 16.2. The molecule has 23 heavy (non-hydrogen) atoms. The van der Waals surface area contributed by atoms with Crippen LogP contribution in [-0.2, 0) is 17.9 Å². The van der Waals surface area contributed by atoms with Crippen LogP contribution >= 0.6 is 0 Å². The second-order valence-corrected chi connectivity index (χ2v) is 5.38. The second kappa shape index (κ2) is 6.43. The first kappa shape index (κ1) is 15.0. The molecule has 0 fully saturated rings. The highest BCUT2D eigenvalue weighted by molar-refractivity contribution is 5.88. The molecule has 0 aliphatic heterocycles. The van der Waals surface area contributed by atoms with Crippen LogP contribution in [-0.4, -0.2) is 30.5 Å². The fourth-order valence-corrected chi connectivity index (χ4v) is 2.33. The van der Waals surface area contributed by atoms with Gasteiger partial charge in [-0.3, -0.25) is 14.8 Å². The van der Waals surface area contributed by atoms with Crippen LogP contribution in [0, 0.1) is 13.8 Å². The molecule has 1 aromatic carbocycles. The van der Waals surface area contributed by atoms with Gasteiger partial charge in [-0.25, -0.2) is 9.67 Å². The zero-order valence-electron chi connectivity index (χ0n) is 13.1. The highest BCUT2D eigenvalue weighted by atomic mass is 16.2. The van der Waals surface area contributed by atoms with Crippen molar-refractivity contribution < 1.29 is 4.79 Å². The number of aromatic nitrogens is 5. The molecule has 1 N–H and O–H groups in total. The summed E-state index contributed by atoms with van der Waals surface area (Å²) in [6, 6.07) is 11.9. The minimum atomic E-state index is -0.200. The van der Waals surface area contributed by atoms with Crippen molar-refractivity contribution in [2.24, 2.45) is 0 Å². The number of nitrogens with one attached hydrogen (secondary N) is 1. The Hall–Kier alpha value is -2.96. The summed E-state index contributed by atoms with van der Waals surface area (Å²) < 4.78 is 3.35. The van der Waals surface area contributed by atoms with Gasteiger partial charge in [0.1, 0.15) is 12.9 Å². The standard InChI is InChI=1S/C16H18N6O/c1-12-8-13(2)22(19-12)10-15(23)18-16-17-11-21(20-16)9-14-6-4-3-5-7-14/h3-8,11H,9-10H2,1-2H3,(H,18,20,23). The number of hydrogen-bond acceptors (Lipinski definition) is 4. The van der Waals surface area contributed by atoms with Gasteiger partial charge in [-0.1, -0.05) is 30.3 Å². The second-order valence-electron chi connectivity index (χ2n) is 5.38. The van der Waals surface area contributed by atoms with Crippen molar-refractivity contribution in [3.8, 4) is 0 Å². The number of hydrogen-bond donors (Lipinski definition) is 1. The summed E-state index contributed by atoms with van der Waals surface area (Å²) >= 11 is 0. The highest BCUT2D eigenvalue weighted by Gasteiger charge is 2.10.